The van der Waals surface area contributed by atoms with Gasteiger partial charge in [-0.1, -0.05) is 30.7 Å². The number of pyridine rings is 1. The zero-order valence-corrected chi connectivity index (χ0v) is 18.3. The molecule has 1 N–H and O–H groups in total. The fourth-order valence-corrected chi connectivity index (χ4v) is 5.23. The molecule has 5 rings (SSSR count). The third kappa shape index (κ3) is 4.24. The Morgan fingerprint density at radius 3 is 2.74 bits per heavy atom. The number of aromatic nitrogens is 2. The predicted octanol–water partition coefficient (Wildman–Crippen LogP) is 4.44. The summed E-state index contributed by atoms with van der Waals surface area (Å²) in [6.07, 6.45) is 9.61. The van der Waals surface area contributed by atoms with Gasteiger partial charge < -0.3 is 9.88 Å². The van der Waals surface area contributed by atoms with Crippen molar-refractivity contribution in [3.8, 4) is 0 Å². The number of para-hydroxylation sites is 1. The van der Waals surface area contributed by atoms with Gasteiger partial charge in [0.05, 0.1) is 11.7 Å². The van der Waals surface area contributed by atoms with E-state index in [0.29, 0.717) is 5.92 Å². The maximum Gasteiger partial charge on any atom is 0.223 e. The lowest BCUT2D eigenvalue weighted by Crippen LogP contribution is -2.45. The molecule has 2 aliphatic rings. The van der Waals surface area contributed by atoms with Gasteiger partial charge in [0.25, 0.3) is 0 Å². The molecule has 1 aliphatic heterocycles. The summed E-state index contributed by atoms with van der Waals surface area (Å²) < 4.78 is 2.22. The highest BCUT2D eigenvalue weighted by atomic mass is 16.2. The zero-order valence-electron chi connectivity index (χ0n) is 18.3. The quantitative estimate of drug-likeness (QED) is 0.646. The van der Waals surface area contributed by atoms with Crippen LogP contribution < -0.4 is 5.32 Å². The Balaban J connectivity index is 1.34. The smallest absolute Gasteiger partial charge is 0.223 e. The van der Waals surface area contributed by atoms with Crippen LogP contribution in [-0.4, -0.2) is 33.4 Å². The van der Waals surface area contributed by atoms with Crippen molar-refractivity contribution in [3.63, 3.8) is 0 Å². The highest BCUT2D eigenvalue weighted by molar-refractivity contribution is 5.83. The molecule has 1 saturated heterocycles. The van der Waals surface area contributed by atoms with Gasteiger partial charge in [0.2, 0.25) is 5.91 Å². The normalized spacial score (nSPS) is 21.0. The summed E-state index contributed by atoms with van der Waals surface area (Å²) in [7, 11) is 2.12. The van der Waals surface area contributed by atoms with Crippen LogP contribution in [0.3, 0.4) is 0 Å². The second kappa shape index (κ2) is 8.83. The molecule has 1 amide bonds. The molecule has 3 aromatic rings. The molecule has 5 heteroatoms. The number of carbonyl (C=O) groups excluding carboxylic acids is 1. The molecule has 1 aromatic carbocycles. The number of nitrogens with zero attached hydrogens (tertiary/aromatic N) is 3. The van der Waals surface area contributed by atoms with Crippen molar-refractivity contribution in [3.05, 3.63) is 66.1 Å². The number of hydrogen-bond acceptors (Lipinski definition) is 3. The SMILES string of the molecule is Cn1cc(CN2CCCC(C(NC(=O)C3CCC3)c3ccccn3)C2)c2ccccc21. The second-order valence-corrected chi connectivity index (χ2v) is 9.29. The third-order valence-corrected chi connectivity index (χ3v) is 7.17. The molecule has 5 nitrogen and oxygen atoms in total. The maximum absolute atomic E-state index is 12.8. The number of hydrogen-bond donors (Lipinski definition) is 1. The Kier molecular flexibility index (Phi) is 5.77. The van der Waals surface area contributed by atoms with Crippen LogP contribution in [0.25, 0.3) is 10.9 Å². The first-order chi connectivity index (χ1) is 15.2. The number of likely N-dealkylation sites (tertiary alicyclic amines) is 1. The van der Waals surface area contributed by atoms with E-state index in [0.717, 1.165) is 51.0 Å². The minimum Gasteiger partial charge on any atom is -0.350 e. The lowest BCUT2D eigenvalue weighted by atomic mass is 9.83. The Labute approximate surface area is 184 Å². The van der Waals surface area contributed by atoms with E-state index >= 15 is 0 Å². The molecule has 2 aromatic heterocycles. The Bertz CT molecular complexity index is 1040. The highest BCUT2D eigenvalue weighted by Crippen LogP contribution is 2.33. The number of carbonyl (C=O) groups is 1. The maximum atomic E-state index is 12.8. The van der Waals surface area contributed by atoms with E-state index in [1.165, 1.54) is 22.9 Å². The highest BCUT2D eigenvalue weighted by Gasteiger charge is 2.33. The summed E-state index contributed by atoms with van der Waals surface area (Å²) in [6.45, 7) is 3.03. The molecule has 2 atom stereocenters. The minimum atomic E-state index is -0.00961. The van der Waals surface area contributed by atoms with Gasteiger partial charge in [-0.3, -0.25) is 14.7 Å². The van der Waals surface area contributed by atoms with Crippen LogP contribution in [0.1, 0.15) is 49.4 Å². The van der Waals surface area contributed by atoms with Crippen LogP contribution in [0, 0.1) is 11.8 Å². The van der Waals surface area contributed by atoms with Crippen LogP contribution in [-0.2, 0) is 18.4 Å². The molecular weight excluding hydrogens is 384 g/mol. The topological polar surface area (TPSA) is 50.2 Å². The van der Waals surface area contributed by atoms with Crippen LogP contribution in [0.4, 0.5) is 0 Å². The lowest BCUT2D eigenvalue weighted by Gasteiger charge is -2.38. The van der Waals surface area contributed by atoms with Crippen molar-refractivity contribution in [2.24, 2.45) is 18.9 Å². The number of rotatable bonds is 6. The Morgan fingerprint density at radius 1 is 1.13 bits per heavy atom. The van der Waals surface area contributed by atoms with E-state index in [-0.39, 0.29) is 17.9 Å². The summed E-state index contributed by atoms with van der Waals surface area (Å²) in [5.41, 5.74) is 3.66. The predicted molar refractivity (Wildman–Crippen MR) is 123 cm³/mol. The van der Waals surface area contributed by atoms with Gasteiger partial charge in [0.1, 0.15) is 0 Å². The van der Waals surface area contributed by atoms with E-state index in [1.807, 2.05) is 18.3 Å². The van der Waals surface area contributed by atoms with Crippen molar-refractivity contribution in [2.75, 3.05) is 13.1 Å². The fourth-order valence-electron chi connectivity index (χ4n) is 5.23. The number of amides is 1. The summed E-state index contributed by atoms with van der Waals surface area (Å²) in [6, 6.07) is 14.7. The van der Waals surface area contributed by atoms with Gasteiger partial charge in [0.15, 0.2) is 0 Å². The molecule has 162 valence electrons. The first kappa shape index (κ1) is 20.3. The first-order valence-electron chi connectivity index (χ1n) is 11.7. The molecule has 1 aliphatic carbocycles. The molecule has 1 saturated carbocycles. The van der Waals surface area contributed by atoms with Crippen molar-refractivity contribution in [2.45, 2.75) is 44.7 Å². The molecule has 31 heavy (non-hydrogen) atoms. The molecule has 0 radical (unpaired) electrons. The summed E-state index contributed by atoms with van der Waals surface area (Å²) >= 11 is 0. The molecule has 0 spiro atoms. The lowest BCUT2D eigenvalue weighted by molar-refractivity contribution is -0.128. The summed E-state index contributed by atoms with van der Waals surface area (Å²) in [5, 5.41) is 4.73. The van der Waals surface area contributed by atoms with Crippen LogP contribution >= 0.6 is 0 Å². The Morgan fingerprint density at radius 2 is 1.97 bits per heavy atom. The van der Waals surface area contributed by atoms with Gasteiger partial charge >= 0.3 is 0 Å². The van der Waals surface area contributed by atoms with Gasteiger partial charge in [-0.2, -0.15) is 0 Å². The molecule has 2 unspecified atom stereocenters. The number of aryl methyl sites for hydroxylation is 1. The average Bonchev–Trinajstić information content (AvgIpc) is 3.07. The van der Waals surface area contributed by atoms with E-state index in [9.17, 15) is 4.79 Å². The van der Waals surface area contributed by atoms with Gasteiger partial charge in [-0.25, -0.2) is 0 Å². The number of benzene rings is 1. The summed E-state index contributed by atoms with van der Waals surface area (Å²) in [4.78, 5) is 20.0. The average molecular weight is 417 g/mol. The van der Waals surface area contributed by atoms with Crippen molar-refractivity contribution >= 4 is 16.8 Å². The van der Waals surface area contributed by atoms with Crippen LogP contribution in [0.5, 0.6) is 0 Å². The van der Waals surface area contributed by atoms with Crippen LogP contribution in [0.15, 0.2) is 54.9 Å². The fraction of sp³-hybridized carbons (Fsp3) is 0.462. The van der Waals surface area contributed by atoms with E-state index in [1.54, 1.807) is 0 Å². The van der Waals surface area contributed by atoms with Gasteiger partial charge in [-0.05, 0) is 61.9 Å². The molecule has 0 bridgehead atoms. The molecule has 2 fully saturated rings. The Hall–Kier alpha value is -2.66. The van der Waals surface area contributed by atoms with E-state index < -0.39 is 0 Å². The standard InChI is InChI=1S/C26H32N4O/c1-29-16-21(22-11-2-3-13-24(22)29)18-30-15-7-10-20(17-30)25(23-12-4-5-14-27-23)28-26(31)19-8-6-9-19/h2-5,11-14,16,19-20,25H,6-10,15,17-18H2,1H3,(H,28,31). The largest absolute Gasteiger partial charge is 0.350 e. The number of piperidine rings is 1. The third-order valence-electron chi connectivity index (χ3n) is 7.17. The van der Waals surface area contributed by atoms with E-state index in [4.69, 9.17) is 0 Å². The summed E-state index contributed by atoms with van der Waals surface area (Å²) in [5.74, 6) is 0.789. The second-order valence-electron chi connectivity index (χ2n) is 9.29. The van der Waals surface area contributed by atoms with Crippen LogP contribution in [0.2, 0.25) is 0 Å². The minimum absolute atomic E-state index is 0.00961. The first-order valence-corrected chi connectivity index (χ1v) is 11.7. The zero-order chi connectivity index (χ0) is 21.2. The number of fused-ring (bicyclic) bond motifs is 1. The monoisotopic (exact) mass is 416 g/mol. The van der Waals surface area contributed by atoms with Crippen molar-refractivity contribution in [1.29, 1.82) is 0 Å². The molecular formula is C26H32N4O. The van der Waals surface area contributed by atoms with Gasteiger partial charge in [-0.15, -0.1) is 0 Å². The molecule has 3 heterocycles. The van der Waals surface area contributed by atoms with Crippen molar-refractivity contribution < 1.29 is 4.79 Å². The van der Waals surface area contributed by atoms with E-state index in [2.05, 4.69) is 63.3 Å². The number of nitrogens with one attached hydrogen (secondary N) is 1. The van der Waals surface area contributed by atoms with Crippen molar-refractivity contribution in [1.82, 2.24) is 19.8 Å². The van der Waals surface area contributed by atoms with Gasteiger partial charge in [0, 0.05) is 49.4 Å².